The maximum absolute atomic E-state index is 12.6. The average molecular weight is 260 g/mol. The first-order valence-corrected chi connectivity index (χ1v) is 6.77. The van der Waals surface area contributed by atoms with Crippen molar-refractivity contribution in [2.45, 2.75) is 38.1 Å². The summed E-state index contributed by atoms with van der Waals surface area (Å²) in [7, 11) is 0. The average Bonchev–Trinajstić information content (AvgIpc) is 2.77. The molecule has 0 aliphatic heterocycles. The van der Waals surface area contributed by atoms with Crippen molar-refractivity contribution >= 4 is 23.1 Å². The van der Waals surface area contributed by atoms with Crippen LogP contribution in [0.15, 0.2) is 29.1 Å². The predicted octanol–water partition coefficient (Wildman–Crippen LogP) is 3.35. The minimum atomic E-state index is -0.116. The van der Waals surface area contributed by atoms with Crippen molar-refractivity contribution in [3.8, 4) is 0 Å². The Morgan fingerprint density at radius 2 is 1.94 bits per heavy atom. The van der Waals surface area contributed by atoms with Crippen LogP contribution in [0.3, 0.4) is 0 Å². The Labute approximate surface area is 110 Å². The lowest BCUT2D eigenvalue weighted by Gasteiger charge is -2.26. The molecule has 1 aromatic heterocycles. The zero-order valence-electron chi connectivity index (χ0n) is 10.4. The highest BCUT2D eigenvalue weighted by Gasteiger charge is 2.32. The molecule has 94 valence electrons. The number of rotatable bonds is 1. The molecule has 1 heterocycles. The predicted molar refractivity (Wildman–Crippen MR) is 75.5 cm³/mol. The van der Waals surface area contributed by atoms with Crippen LogP contribution in [-0.4, -0.2) is 9.55 Å². The van der Waals surface area contributed by atoms with Gasteiger partial charge < -0.3 is 4.98 Å². The number of hydrogen-bond acceptors (Lipinski definition) is 2. The number of aromatic amines is 1. The second-order valence-corrected chi connectivity index (χ2v) is 5.71. The Morgan fingerprint density at radius 3 is 2.67 bits per heavy atom. The van der Waals surface area contributed by atoms with E-state index in [2.05, 4.69) is 11.9 Å². The molecular formula is C14H16N2OS. The van der Waals surface area contributed by atoms with E-state index in [0.717, 1.165) is 23.7 Å². The van der Waals surface area contributed by atoms with Gasteiger partial charge in [0.2, 0.25) is 0 Å². The van der Waals surface area contributed by atoms with Gasteiger partial charge in [-0.05, 0) is 44.1 Å². The van der Waals surface area contributed by atoms with Gasteiger partial charge >= 0.3 is 0 Å². The molecule has 1 saturated carbocycles. The zero-order valence-corrected chi connectivity index (χ0v) is 11.2. The highest BCUT2D eigenvalue weighted by molar-refractivity contribution is 7.71. The van der Waals surface area contributed by atoms with Gasteiger partial charge in [-0.15, -0.1) is 0 Å². The van der Waals surface area contributed by atoms with Gasteiger partial charge in [0.1, 0.15) is 0 Å². The van der Waals surface area contributed by atoms with Crippen molar-refractivity contribution in [3.05, 3.63) is 39.4 Å². The number of fused-ring (bicyclic) bond motifs is 1. The fraction of sp³-hybridized carbons (Fsp3) is 0.429. The van der Waals surface area contributed by atoms with Gasteiger partial charge in [-0.2, -0.15) is 0 Å². The molecule has 1 fully saturated rings. The number of para-hydroxylation sites is 1. The van der Waals surface area contributed by atoms with Gasteiger partial charge in [0.15, 0.2) is 4.77 Å². The summed E-state index contributed by atoms with van der Waals surface area (Å²) in [5.41, 5.74) is 0.749. The van der Waals surface area contributed by atoms with Crippen LogP contribution >= 0.6 is 12.2 Å². The van der Waals surface area contributed by atoms with E-state index < -0.39 is 0 Å². The summed E-state index contributed by atoms with van der Waals surface area (Å²) in [5, 5.41) is 0.722. The highest BCUT2D eigenvalue weighted by Crippen LogP contribution is 2.35. The third-order valence-corrected chi connectivity index (χ3v) is 4.31. The molecule has 2 aromatic rings. The summed E-state index contributed by atoms with van der Waals surface area (Å²) >= 11 is 5.38. The molecule has 18 heavy (non-hydrogen) atoms. The first-order chi connectivity index (χ1) is 8.62. The normalized spacial score (nSPS) is 18.3. The lowest BCUT2D eigenvalue weighted by Crippen LogP contribution is -2.37. The summed E-state index contributed by atoms with van der Waals surface area (Å²) in [6.45, 7) is 2.14. The molecule has 0 spiro atoms. The Balaban J connectivity index is 2.37. The molecule has 3 nitrogen and oxygen atoms in total. The van der Waals surface area contributed by atoms with E-state index in [0.29, 0.717) is 4.77 Å². The smallest absolute Gasteiger partial charge is 0.262 e. The minimum Gasteiger partial charge on any atom is -0.332 e. The minimum absolute atomic E-state index is 0.0405. The summed E-state index contributed by atoms with van der Waals surface area (Å²) < 4.78 is 2.33. The molecule has 3 rings (SSSR count). The molecule has 1 aliphatic rings. The van der Waals surface area contributed by atoms with Crippen LogP contribution in [0.1, 0.15) is 32.6 Å². The number of aromatic nitrogens is 2. The summed E-state index contributed by atoms with van der Waals surface area (Å²) in [6, 6.07) is 7.56. The van der Waals surface area contributed by atoms with Crippen LogP contribution in [0.4, 0.5) is 0 Å². The van der Waals surface area contributed by atoms with Gasteiger partial charge in [-0.3, -0.25) is 9.36 Å². The zero-order chi connectivity index (χ0) is 12.8. The third kappa shape index (κ3) is 1.63. The maximum atomic E-state index is 12.6. The van der Waals surface area contributed by atoms with Crippen LogP contribution in [0.25, 0.3) is 10.9 Å². The number of nitrogens with one attached hydrogen (secondary N) is 1. The van der Waals surface area contributed by atoms with E-state index in [-0.39, 0.29) is 11.1 Å². The second kappa shape index (κ2) is 4.05. The van der Waals surface area contributed by atoms with E-state index in [1.807, 2.05) is 24.3 Å². The maximum Gasteiger partial charge on any atom is 0.262 e. The van der Waals surface area contributed by atoms with Crippen molar-refractivity contribution in [3.63, 3.8) is 0 Å². The van der Waals surface area contributed by atoms with Crippen molar-refractivity contribution < 1.29 is 0 Å². The van der Waals surface area contributed by atoms with Gasteiger partial charge in [0.25, 0.3) is 5.56 Å². The van der Waals surface area contributed by atoms with Gasteiger partial charge in [-0.1, -0.05) is 25.0 Å². The van der Waals surface area contributed by atoms with E-state index >= 15 is 0 Å². The fourth-order valence-electron chi connectivity index (χ4n) is 3.01. The second-order valence-electron chi connectivity index (χ2n) is 5.32. The fourth-order valence-corrected chi connectivity index (χ4v) is 3.43. The van der Waals surface area contributed by atoms with E-state index in [1.54, 1.807) is 4.57 Å². The molecule has 0 unspecified atom stereocenters. The molecule has 0 atom stereocenters. The van der Waals surface area contributed by atoms with Crippen LogP contribution in [-0.2, 0) is 5.54 Å². The molecule has 1 aromatic carbocycles. The number of benzene rings is 1. The Bertz CT molecular complexity index is 708. The van der Waals surface area contributed by atoms with Gasteiger partial charge in [0, 0.05) is 5.54 Å². The monoisotopic (exact) mass is 260 g/mol. The van der Waals surface area contributed by atoms with Crippen molar-refractivity contribution in [2.75, 3.05) is 0 Å². The standard InChI is InChI=1S/C14H16N2OS/c1-14(8-4-5-9-14)16-12(17)10-6-2-3-7-11(10)15-13(16)18/h2-3,6-7H,4-5,8-9H2,1H3,(H,15,18). The van der Waals surface area contributed by atoms with E-state index in [1.165, 1.54) is 12.8 Å². The Kier molecular flexibility index (Phi) is 2.63. The molecular weight excluding hydrogens is 244 g/mol. The highest BCUT2D eigenvalue weighted by atomic mass is 32.1. The van der Waals surface area contributed by atoms with E-state index in [9.17, 15) is 4.79 Å². The molecule has 0 saturated heterocycles. The van der Waals surface area contributed by atoms with Crippen LogP contribution in [0.5, 0.6) is 0 Å². The van der Waals surface area contributed by atoms with Crippen LogP contribution in [0.2, 0.25) is 0 Å². The van der Waals surface area contributed by atoms with Crippen LogP contribution in [0, 0.1) is 4.77 Å². The first-order valence-electron chi connectivity index (χ1n) is 6.36. The van der Waals surface area contributed by atoms with Crippen molar-refractivity contribution in [2.24, 2.45) is 0 Å². The summed E-state index contributed by atoms with van der Waals surface area (Å²) in [5.74, 6) is 0. The number of H-pyrrole nitrogens is 1. The number of nitrogens with zero attached hydrogens (tertiary/aromatic N) is 1. The van der Waals surface area contributed by atoms with Crippen molar-refractivity contribution in [1.29, 1.82) is 0 Å². The van der Waals surface area contributed by atoms with Crippen LogP contribution < -0.4 is 5.56 Å². The lowest BCUT2D eigenvalue weighted by molar-refractivity contribution is 0.313. The quantitative estimate of drug-likeness (QED) is 0.798. The van der Waals surface area contributed by atoms with Gasteiger partial charge in [0.05, 0.1) is 10.9 Å². The number of hydrogen-bond donors (Lipinski definition) is 1. The van der Waals surface area contributed by atoms with Gasteiger partial charge in [-0.25, -0.2) is 0 Å². The molecule has 0 radical (unpaired) electrons. The third-order valence-electron chi connectivity index (χ3n) is 4.03. The van der Waals surface area contributed by atoms with E-state index in [4.69, 9.17) is 12.2 Å². The topological polar surface area (TPSA) is 37.8 Å². The largest absolute Gasteiger partial charge is 0.332 e. The molecule has 0 amide bonds. The SMILES string of the molecule is CC1(n2c(=S)[nH]c3ccccc3c2=O)CCCC1. The lowest BCUT2D eigenvalue weighted by atomic mass is 10.0. The molecule has 4 heteroatoms. The Hall–Kier alpha value is -1.42. The first kappa shape index (κ1) is 11.7. The molecule has 0 bridgehead atoms. The molecule has 1 N–H and O–H groups in total. The van der Waals surface area contributed by atoms with Crippen molar-refractivity contribution in [1.82, 2.24) is 9.55 Å². The summed E-state index contributed by atoms with van der Waals surface area (Å²) in [4.78, 5) is 15.8. The molecule has 1 aliphatic carbocycles. The summed E-state index contributed by atoms with van der Waals surface area (Å²) in [6.07, 6.45) is 4.40. The Morgan fingerprint density at radius 1 is 1.28 bits per heavy atom.